The van der Waals surface area contributed by atoms with E-state index in [1.807, 2.05) is 59.2 Å². The Balaban J connectivity index is 1.86. The van der Waals surface area contributed by atoms with Crippen LogP contribution in [-0.2, 0) is 12.3 Å². The summed E-state index contributed by atoms with van der Waals surface area (Å²) in [7, 11) is 0. The lowest BCUT2D eigenvalue weighted by molar-refractivity contribution is 0.649. The van der Waals surface area contributed by atoms with Crippen molar-refractivity contribution in [3.05, 3.63) is 65.7 Å². The zero-order valence-electron chi connectivity index (χ0n) is 13.1. The van der Waals surface area contributed by atoms with Crippen molar-refractivity contribution >= 4 is 11.8 Å². The molecule has 0 atom stereocenters. The number of thioether (sulfide) groups is 1. The van der Waals surface area contributed by atoms with Crippen LogP contribution in [0, 0.1) is 11.3 Å². The molecule has 0 saturated heterocycles. The lowest BCUT2D eigenvalue weighted by Gasteiger charge is -2.09. The zero-order chi connectivity index (χ0) is 16.8. The monoisotopic (exact) mass is 335 g/mol. The van der Waals surface area contributed by atoms with Crippen molar-refractivity contribution in [2.45, 2.75) is 17.5 Å². The molecule has 3 rings (SSSR count). The number of nitriles is 1. The molecule has 2 N–H and O–H groups in total. The van der Waals surface area contributed by atoms with Gasteiger partial charge in [0.25, 0.3) is 0 Å². The van der Waals surface area contributed by atoms with Crippen LogP contribution in [-0.4, -0.2) is 21.3 Å². The molecule has 0 aliphatic rings. The largest absolute Gasteiger partial charge is 0.329 e. The molecule has 0 amide bonds. The summed E-state index contributed by atoms with van der Waals surface area (Å²) in [6.45, 7) is 1.17. The Kier molecular flexibility index (Phi) is 5.26. The fourth-order valence-corrected chi connectivity index (χ4v) is 3.39. The van der Waals surface area contributed by atoms with Crippen LogP contribution >= 0.6 is 11.8 Å². The fourth-order valence-electron chi connectivity index (χ4n) is 2.42. The molecule has 0 saturated carbocycles. The van der Waals surface area contributed by atoms with Gasteiger partial charge < -0.3 is 10.3 Å². The standard InChI is InChI=1S/C18H17N5S/c19-10-11-23-17(14-6-2-1-3-7-14)21-22-18(23)24-13-16-9-5-4-8-15(16)12-20/h1-9H,10-11,13,19H2. The number of nitrogens with two attached hydrogens (primary N) is 1. The first-order chi connectivity index (χ1) is 11.8. The van der Waals surface area contributed by atoms with E-state index in [2.05, 4.69) is 16.3 Å². The molecule has 0 bridgehead atoms. The van der Waals surface area contributed by atoms with E-state index in [-0.39, 0.29) is 0 Å². The second-order valence-corrected chi connectivity index (χ2v) is 6.11. The fraction of sp³-hybridized carbons (Fsp3) is 0.167. The van der Waals surface area contributed by atoms with Crippen molar-refractivity contribution in [3.8, 4) is 17.5 Å². The third-order valence-electron chi connectivity index (χ3n) is 3.60. The first-order valence-corrected chi connectivity index (χ1v) is 8.61. The van der Waals surface area contributed by atoms with Crippen LogP contribution in [0.2, 0.25) is 0 Å². The molecule has 6 heteroatoms. The van der Waals surface area contributed by atoms with Crippen molar-refractivity contribution in [2.24, 2.45) is 5.73 Å². The quantitative estimate of drug-likeness (QED) is 0.700. The molecule has 1 aromatic heterocycles. The highest BCUT2D eigenvalue weighted by atomic mass is 32.2. The lowest BCUT2D eigenvalue weighted by atomic mass is 10.1. The highest BCUT2D eigenvalue weighted by Crippen LogP contribution is 2.27. The van der Waals surface area contributed by atoms with Crippen molar-refractivity contribution in [2.75, 3.05) is 6.54 Å². The summed E-state index contributed by atoms with van der Waals surface area (Å²) in [6.07, 6.45) is 0. The Labute approximate surface area is 145 Å². The smallest absolute Gasteiger partial charge is 0.191 e. The second kappa shape index (κ2) is 7.77. The van der Waals surface area contributed by atoms with Gasteiger partial charge in [-0.25, -0.2) is 0 Å². The first-order valence-electron chi connectivity index (χ1n) is 7.63. The van der Waals surface area contributed by atoms with Crippen LogP contribution in [0.4, 0.5) is 0 Å². The predicted molar refractivity (Wildman–Crippen MR) is 95.2 cm³/mol. The minimum atomic E-state index is 0.514. The highest BCUT2D eigenvalue weighted by molar-refractivity contribution is 7.98. The van der Waals surface area contributed by atoms with E-state index in [0.717, 1.165) is 22.1 Å². The lowest BCUT2D eigenvalue weighted by Crippen LogP contribution is -2.12. The Morgan fingerprint density at radius 2 is 1.79 bits per heavy atom. The molecule has 0 unspecified atom stereocenters. The number of nitrogens with zero attached hydrogens (tertiary/aromatic N) is 4. The maximum atomic E-state index is 9.20. The number of rotatable bonds is 6. The molecule has 0 fully saturated rings. The van der Waals surface area contributed by atoms with E-state index in [9.17, 15) is 5.26 Å². The Morgan fingerprint density at radius 3 is 2.54 bits per heavy atom. The van der Waals surface area contributed by atoms with Gasteiger partial charge in [-0.1, -0.05) is 60.3 Å². The van der Waals surface area contributed by atoms with Gasteiger partial charge in [-0.3, -0.25) is 0 Å². The highest BCUT2D eigenvalue weighted by Gasteiger charge is 2.14. The van der Waals surface area contributed by atoms with Crippen LogP contribution in [0.3, 0.4) is 0 Å². The molecule has 3 aromatic rings. The van der Waals surface area contributed by atoms with Crippen LogP contribution < -0.4 is 5.73 Å². The van der Waals surface area contributed by atoms with Gasteiger partial charge in [-0.15, -0.1) is 10.2 Å². The summed E-state index contributed by atoms with van der Waals surface area (Å²) in [4.78, 5) is 0. The van der Waals surface area contributed by atoms with Crippen molar-refractivity contribution in [1.82, 2.24) is 14.8 Å². The number of hydrogen-bond acceptors (Lipinski definition) is 5. The molecule has 0 aliphatic heterocycles. The minimum absolute atomic E-state index is 0.514. The van der Waals surface area contributed by atoms with E-state index in [4.69, 9.17) is 5.73 Å². The summed E-state index contributed by atoms with van der Waals surface area (Å²) in [5.74, 6) is 1.48. The van der Waals surface area contributed by atoms with Crippen molar-refractivity contribution in [1.29, 1.82) is 5.26 Å². The maximum Gasteiger partial charge on any atom is 0.191 e. The van der Waals surface area contributed by atoms with Crippen LogP contribution in [0.15, 0.2) is 59.8 Å². The molecule has 0 radical (unpaired) electrons. The summed E-state index contributed by atoms with van der Waals surface area (Å²) in [5, 5.41) is 18.7. The van der Waals surface area contributed by atoms with E-state index in [1.165, 1.54) is 0 Å². The average molecular weight is 335 g/mol. The van der Waals surface area contributed by atoms with Gasteiger partial charge in [-0.05, 0) is 11.6 Å². The van der Waals surface area contributed by atoms with Gasteiger partial charge in [0.1, 0.15) is 0 Å². The third kappa shape index (κ3) is 3.48. The Hall–Kier alpha value is -2.62. The molecular formula is C18H17N5S. The molecule has 120 valence electrons. The molecule has 1 heterocycles. The van der Waals surface area contributed by atoms with Crippen LogP contribution in [0.25, 0.3) is 11.4 Å². The summed E-state index contributed by atoms with van der Waals surface area (Å²) >= 11 is 1.57. The van der Waals surface area contributed by atoms with Crippen LogP contribution in [0.5, 0.6) is 0 Å². The van der Waals surface area contributed by atoms with Gasteiger partial charge in [0.2, 0.25) is 0 Å². The summed E-state index contributed by atoms with van der Waals surface area (Å²) in [5.41, 5.74) is 8.46. The predicted octanol–water partition coefficient (Wildman–Crippen LogP) is 3.07. The van der Waals surface area contributed by atoms with Gasteiger partial charge in [0, 0.05) is 24.4 Å². The van der Waals surface area contributed by atoms with Gasteiger partial charge >= 0.3 is 0 Å². The van der Waals surface area contributed by atoms with E-state index < -0.39 is 0 Å². The van der Waals surface area contributed by atoms with E-state index in [0.29, 0.717) is 24.4 Å². The SMILES string of the molecule is N#Cc1ccccc1CSc1nnc(-c2ccccc2)n1CCN. The maximum absolute atomic E-state index is 9.20. The minimum Gasteiger partial charge on any atom is -0.329 e. The van der Waals surface area contributed by atoms with Gasteiger partial charge in [0.15, 0.2) is 11.0 Å². The molecule has 24 heavy (non-hydrogen) atoms. The second-order valence-electron chi connectivity index (χ2n) is 5.17. The third-order valence-corrected chi connectivity index (χ3v) is 4.61. The topological polar surface area (TPSA) is 80.5 Å². The molecular weight excluding hydrogens is 318 g/mol. The number of aromatic nitrogens is 3. The van der Waals surface area contributed by atoms with Gasteiger partial charge in [-0.2, -0.15) is 5.26 Å². The van der Waals surface area contributed by atoms with E-state index >= 15 is 0 Å². The Morgan fingerprint density at radius 1 is 1.04 bits per heavy atom. The average Bonchev–Trinajstić information content (AvgIpc) is 3.04. The number of benzene rings is 2. The van der Waals surface area contributed by atoms with E-state index in [1.54, 1.807) is 11.8 Å². The summed E-state index contributed by atoms with van der Waals surface area (Å²) < 4.78 is 2.04. The molecule has 2 aromatic carbocycles. The van der Waals surface area contributed by atoms with Gasteiger partial charge in [0.05, 0.1) is 11.6 Å². The molecule has 0 spiro atoms. The first kappa shape index (κ1) is 16.2. The zero-order valence-corrected chi connectivity index (χ0v) is 13.9. The molecule has 0 aliphatic carbocycles. The molecule has 5 nitrogen and oxygen atoms in total. The Bertz CT molecular complexity index is 851. The normalized spacial score (nSPS) is 10.5. The van der Waals surface area contributed by atoms with Crippen molar-refractivity contribution in [3.63, 3.8) is 0 Å². The number of hydrogen-bond donors (Lipinski definition) is 1. The van der Waals surface area contributed by atoms with Crippen LogP contribution in [0.1, 0.15) is 11.1 Å². The van der Waals surface area contributed by atoms with Crippen molar-refractivity contribution < 1.29 is 0 Å². The summed E-state index contributed by atoms with van der Waals surface area (Å²) in [6, 6.07) is 19.8.